The van der Waals surface area contributed by atoms with Crippen LogP contribution in [-0.4, -0.2) is 156 Å². The molecular weight excluding hydrogens is 1820 g/mol. The molecule has 143 heavy (non-hydrogen) atoms. The van der Waals surface area contributed by atoms with Crippen molar-refractivity contribution in [2.24, 2.45) is 63.7 Å². The number of aryl methyl sites for hydroxylation is 5. The number of benzene rings is 5. The number of methoxy groups -OCH3 is 1. The molecule has 2 saturated heterocycles. The van der Waals surface area contributed by atoms with Crippen molar-refractivity contribution in [2.45, 2.75) is 226 Å². The van der Waals surface area contributed by atoms with Gasteiger partial charge in [-0.3, -0.25) is 47.6 Å². The largest absolute Gasteiger partial charge is 0.444 e. The van der Waals surface area contributed by atoms with Crippen LogP contribution in [0.4, 0.5) is 13.6 Å². The maximum absolute atomic E-state index is 14.3. The fraction of sp³-hybridized carbons (Fsp3) is 0.439. The number of halogens is 3. The van der Waals surface area contributed by atoms with E-state index in [1.165, 1.54) is 49.3 Å². The molecule has 0 radical (unpaired) electrons. The summed E-state index contributed by atoms with van der Waals surface area (Å²) in [6, 6.07) is 50.5. The molecule has 14 aromatic rings. The molecule has 29 heteroatoms. The van der Waals surface area contributed by atoms with Crippen molar-refractivity contribution in [2.75, 3.05) is 33.4 Å². The molecule has 7 unspecified atom stereocenters. The second-order valence-electron chi connectivity index (χ2n) is 40.8. The second-order valence-corrected chi connectivity index (χ2v) is 41.2. The summed E-state index contributed by atoms with van der Waals surface area (Å²) >= 11 is 6.08. The Kier molecular flexibility index (Phi) is 34.1. The number of para-hydroxylation sites is 3. The van der Waals surface area contributed by atoms with Gasteiger partial charge < -0.3 is 19.1 Å². The van der Waals surface area contributed by atoms with Crippen LogP contribution in [0.1, 0.15) is 228 Å². The molecule has 5 aromatic carbocycles. The molecule has 0 spiro atoms. The Bertz CT molecular complexity index is 6620. The minimum absolute atomic E-state index is 0.0402. The number of ketones is 4. The quantitative estimate of drug-likeness (QED) is 0.0390. The Hall–Kier alpha value is -13.1. The number of hydrogen-bond donors (Lipinski definition) is 0. The monoisotopic (exact) mass is 1960 g/mol. The number of likely N-dealkylation sites (tertiary alicyclic amines) is 1. The van der Waals surface area contributed by atoms with Crippen molar-refractivity contribution < 1.29 is 47.0 Å². The third kappa shape index (κ3) is 26.3. The number of pyridine rings is 1. The highest BCUT2D eigenvalue weighted by molar-refractivity contribution is 6.30. The van der Waals surface area contributed by atoms with Gasteiger partial charge in [0, 0.05) is 183 Å². The lowest BCUT2D eigenvalue weighted by Crippen LogP contribution is -2.45. The van der Waals surface area contributed by atoms with Crippen LogP contribution in [0.3, 0.4) is 0 Å². The van der Waals surface area contributed by atoms with Crippen molar-refractivity contribution in [3.63, 3.8) is 0 Å². The second kappa shape index (κ2) is 47.4. The van der Waals surface area contributed by atoms with Crippen molar-refractivity contribution >= 4 is 40.8 Å². The number of carbonyl (C=O) groups is 5. The van der Waals surface area contributed by atoms with E-state index in [1.807, 2.05) is 215 Å². The van der Waals surface area contributed by atoms with E-state index in [1.54, 1.807) is 63.8 Å². The molecule has 5 fully saturated rings. The van der Waals surface area contributed by atoms with E-state index in [4.69, 9.17) is 41.1 Å². The molecule has 26 nitrogen and oxygen atoms in total. The van der Waals surface area contributed by atoms with E-state index >= 15 is 0 Å². The number of piperidine rings is 1. The fourth-order valence-electron chi connectivity index (χ4n) is 22.0. The number of carbonyl (C=O) groups excluding carboxylic acids is 5. The summed E-state index contributed by atoms with van der Waals surface area (Å²) < 4.78 is 59.6. The lowest BCUT2D eigenvalue weighted by Gasteiger charge is -2.39. The molecule has 750 valence electrons. The Morgan fingerprint density at radius 2 is 1.01 bits per heavy atom. The first kappa shape index (κ1) is 103. The molecule has 1 amide bonds. The molecule has 3 saturated carbocycles. The smallest absolute Gasteiger partial charge is 0.410 e. The zero-order chi connectivity index (χ0) is 101. The normalized spacial score (nSPS) is 19.6. The topological polar surface area (TPSA) is 272 Å². The molecular formula is C114H135ClF2N18O8. The number of aromatic nitrogens is 17. The van der Waals surface area contributed by atoms with Gasteiger partial charge in [-0.05, 0) is 285 Å². The highest BCUT2D eigenvalue weighted by atomic mass is 35.5. The van der Waals surface area contributed by atoms with Gasteiger partial charge in [0.2, 0.25) is 0 Å². The number of nitrogens with zero attached hydrogens (tertiary/aromatic N) is 18. The minimum atomic E-state index is -0.928. The van der Waals surface area contributed by atoms with Crippen molar-refractivity contribution in [3.8, 4) is 50.8 Å². The van der Waals surface area contributed by atoms with Crippen molar-refractivity contribution in [1.29, 1.82) is 0 Å². The summed E-state index contributed by atoms with van der Waals surface area (Å²) in [6.07, 6.45) is 36.2. The van der Waals surface area contributed by atoms with Gasteiger partial charge in [-0.1, -0.05) is 110 Å². The molecule has 11 heterocycles. The van der Waals surface area contributed by atoms with Gasteiger partial charge in [-0.2, -0.15) is 40.8 Å². The van der Waals surface area contributed by atoms with E-state index in [9.17, 15) is 32.8 Å². The highest BCUT2D eigenvalue weighted by Crippen LogP contribution is 2.48. The van der Waals surface area contributed by atoms with Gasteiger partial charge in [-0.15, -0.1) is 0 Å². The van der Waals surface area contributed by atoms with Gasteiger partial charge in [0.25, 0.3) is 0 Å². The number of hydrogen-bond acceptors (Lipinski definition) is 17. The molecule has 5 aliphatic rings. The maximum Gasteiger partial charge on any atom is 0.410 e. The zero-order valence-corrected chi connectivity index (χ0v) is 85.3. The summed E-state index contributed by atoms with van der Waals surface area (Å²) in [4.78, 5) is 72.8. The lowest BCUT2D eigenvalue weighted by atomic mass is 9.74. The number of Topliss-reactive ketones (excluding diaryl/α,β-unsaturated/α-hetero) is 4. The molecule has 19 rings (SSSR count). The molecule has 2 aliphatic heterocycles. The summed E-state index contributed by atoms with van der Waals surface area (Å²) in [6.45, 7) is 15.8. The van der Waals surface area contributed by atoms with E-state index < -0.39 is 23.3 Å². The first-order chi connectivity index (χ1) is 69.0. The molecule has 3 aliphatic carbocycles. The lowest BCUT2D eigenvalue weighted by molar-refractivity contribution is -0.120. The SMILES string of the molecule is COCC[C@@H]1C[C@@H](CC(=O)Cc2c(C)c(-c3cnn(C)c3)nn2-c2ccccc2)[C@H](c2ccnc(C)c2)C1.Cc1c(-c2cnn(C)c2)nn(-c2ccccc2)c1CC(=O)CC1CCCCC1Cc1ccc(Cl)cc1.Cc1c(-c2cnn(C)c2)nn(-c2ccccc2)c1CC(=O)CC1CN(C(=O)OC(C)(C)C)CCC1c1ccc(F)c(F)c1.Cn1nc(C2CCCO2)cc1CC(=O)CC1CCCCC1n1cccn1. The summed E-state index contributed by atoms with van der Waals surface area (Å²) in [5, 5.41) is 37.5. The fourth-order valence-corrected chi connectivity index (χ4v) is 22.1. The van der Waals surface area contributed by atoms with Crippen LogP contribution in [0.25, 0.3) is 50.8 Å². The summed E-state index contributed by atoms with van der Waals surface area (Å²) in [7, 11) is 9.33. The average molecular weight is 1960 g/mol. The van der Waals surface area contributed by atoms with Crippen LogP contribution >= 0.6 is 11.6 Å². The molecule has 0 bridgehead atoms. The maximum atomic E-state index is 14.3. The molecule has 10 atom stereocenters. The van der Waals surface area contributed by atoms with E-state index in [-0.39, 0.29) is 48.9 Å². The first-order valence-electron chi connectivity index (χ1n) is 50.7. The summed E-state index contributed by atoms with van der Waals surface area (Å²) in [5.41, 5.74) is 19.2. The van der Waals surface area contributed by atoms with Gasteiger partial charge in [0.05, 0.1) is 81.6 Å². The van der Waals surface area contributed by atoms with Crippen LogP contribution in [0.2, 0.25) is 5.02 Å². The van der Waals surface area contributed by atoms with Crippen LogP contribution in [0.5, 0.6) is 0 Å². The van der Waals surface area contributed by atoms with Crippen LogP contribution in [-0.2, 0) is 93.7 Å². The Labute approximate surface area is 842 Å². The van der Waals surface area contributed by atoms with Gasteiger partial charge in [-0.25, -0.2) is 27.6 Å². The predicted molar refractivity (Wildman–Crippen MR) is 549 cm³/mol. The minimum Gasteiger partial charge on any atom is -0.444 e. The third-order valence-electron chi connectivity index (χ3n) is 29.2. The van der Waals surface area contributed by atoms with Gasteiger partial charge in [0.1, 0.15) is 34.8 Å². The van der Waals surface area contributed by atoms with Crippen LogP contribution < -0.4 is 0 Å². The Morgan fingerprint density at radius 3 is 1.50 bits per heavy atom. The van der Waals surface area contributed by atoms with Gasteiger partial charge in [0.15, 0.2) is 11.6 Å². The Balaban J connectivity index is 0.000000139. The number of rotatable bonds is 31. The zero-order valence-electron chi connectivity index (χ0n) is 84.5. The Morgan fingerprint density at radius 1 is 0.497 bits per heavy atom. The standard InChI is InChI=1S/C33H37F2N5O3.C31H37N5O2.C30H33ClN4O.C20H28N4O2/c1-21-30(40(25-9-7-6-8-10-25)37-31(21)24-18-36-38(5)19-24)17-26(41)15-23-20-39(32(42)43-33(2,3)4)14-13-27(23)22-11-12-28(34)29(35)16-22;1-21-14-24(10-12-32-21)29-16-23(11-13-38-4)15-25(29)17-28(37)18-30-22(2)31(26-19-33-35(3)20-26)34-36(30)27-8-6-5-7-9-27;1-21-29(35(27-10-4-3-5-11-27)33-30(21)25-19-32-34(2)20-25)18-28(36)17-24-9-7-6-8-23(24)16-22-12-14-26(31)15-13-22;1-23-16(14-18(22-23)20-8-4-11-26-20)13-17(25)12-15-6-2-3-7-19(15)24-10-5-9-21-24/h6-12,16,18-19,23,27H,13-15,17,20H2,1-5H3;5-10,12,14,19-20,23,25,29H,11,13,15-18H2,1-4H3;3-5,10-15,19-20,23-24H,6-9,16-18H2,1-2H3;5,9-10,14-15,19-20H,2-4,6-8,11-13H2,1H3/t;23-,25+,29+;;/m.1../s1. The first-order valence-corrected chi connectivity index (χ1v) is 51.1. The average Bonchev–Trinajstić information content (AvgIpc) is 1.55. The number of amides is 1. The summed E-state index contributed by atoms with van der Waals surface area (Å²) in [5.74, 6) is 1.03. The van der Waals surface area contributed by atoms with E-state index in [0.717, 1.165) is 184 Å². The number of ether oxygens (including phenoxy) is 3. The highest BCUT2D eigenvalue weighted by Gasteiger charge is 2.40. The molecule has 0 N–H and O–H groups in total. The van der Waals surface area contributed by atoms with E-state index in [0.29, 0.717) is 110 Å². The van der Waals surface area contributed by atoms with Gasteiger partial charge >= 0.3 is 6.09 Å². The van der Waals surface area contributed by atoms with E-state index in [2.05, 4.69) is 79.3 Å². The van der Waals surface area contributed by atoms with Crippen LogP contribution in [0.15, 0.2) is 213 Å². The van der Waals surface area contributed by atoms with Crippen LogP contribution in [0, 0.1) is 74.8 Å². The predicted octanol–water partition coefficient (Wildman–Crippen LogP) is 22.2. The van der Waals surface area contributed by atoms with Crippen molar-refractivity contribution in [3.05, 3.63) is 298 Å². The third-order valence-corrected chi connectivity index (χ3v) is 29.4. The van der Waals surface area contributed by atoms with Crippen molar-refractivity contribution in [1.82, 2.24) is 88.1 Å². The molecule has 9 aromatic heterocycles.